The Morgan fingerprint density at radius 2 is 1.39 bits per heavy atom. The molecular weight excluding hydrogens is 288 g/mol. The second-order valence-electron chi connectivity index (χ2n) is 6.24. The van der Waals surface area contributed by atoms with Crippen LogP contribution in [0.3, 0.4) is 0 Å². The third-order valence-corrected chi connectivity index (χ3v) is 3.94. The highest BCUT2D eigenvalue weighted by Crippen LogP contribution is 1.97. The highest BCUT2D eigenvalue weighted by molar-refractivity contribution is 4.66. The van der Waals surface area contributed by atoms with Gasteiger partial charge in [0.1, 0.15) is 12.4 Å². The van der Waals surface area contributed by atoms with Gasteiger partial charge in [0.15, 0.2) is 0 Å². The van der Waals surface area contributed by atoms with Crippen molar-refractivity contribution in [2.45, 2.75) is 78.3 Å². The summed E-state index contributed by atoms with van der Waals surface area (Å²) in [4.78, 5) is 0. The van der Waals surface area contributed by atoms with Crippen molar-refractivity contribution in [2.24, 2.45) is 0 Å². The van der Waals surface area contributed by atoms with Crippen molar-refractivity contribution in [1.29, 1.82) is 0 Å². The lowest BCUT2D eigenvalue weighted by Gasteiger charge is -2.02. The number of hydrogen-bond donors (Lipinski definition) is 0. The van der Waals surface area contributed by atoms with Crippen molar-refractivity contribution in [2.75, 3.05) is 26.4 Å². The molecule has 23 heavy (non-hydrogen) atoms. The van der Waals surface area contributed by atoms with Gasteiger partial charge in [-0.15, -0.1) is 0 Å². The number of ether oxygens (including phenoxy) is 2. The maximum Gasteiger partial charge on any atom is 0.243 e. The molecule has 0 aliphatic rings. The molecule has 0 amide bonds. The van der Waals surface area contributed by atoms with E-state index in [0.717, 1.165) is 52.4 Å². The molecule has 1 aromatic heterocycles. The van der Waals surface area contributed by atoms with E-state index in [4.69, 9.17) is 9.47 Å². The number of unbranched alkanes of at least 4 members (excludes halogenated alkanes) is 4. The molecule has 4 heteroatoms. The smallest absolute Gasteiger partial charge is 0.243 e. The van der Waals surface area contributed by atoms with Crippen LogP contribution >= 0.6 is 0 Å². The molecule has 0 aliphatic heterocycles. The van der Waals surface area contributed by atoms with Gasteiger partial charge in [-0.25, -0.2) is 9.13 Å². The number of hydrogen-bond acceptors (Lipinski definition) is 2. The van der Waals surface area contributed by atoms with Crippen molar-refractivity contribution >= 4 is 0 Å². The Morgan fingerprint density at radius 1 is 0.783 bits per heavy atom. The fourth-order valence-corrected chi connectivity index (χ4v) is 2.51. The molecule has 0 aliphatic carbocycles. The Balaban J connectivity index is 1.97. The summed E-state index contributed by atoms with van der Waals surface area (Å²) < 4.78 is 15.8. The molecule has 1 aromatic rings. The zero-order valence-electron chi connectivity index (χ0n) is 15.3. The molecule has 0 saturated heterocycles. The zero-order chi connectivity index (χ0) is 16.6. The van der Waals surface area contributed by atoms with Crippen LogP contribution in [-0.4, -0.2) is 31.0 Å². The first-order chi connectivity index (χ1) is 11.4. The van der Waals surface area contributed by atoms with E-state index in [9.17, 15) is 0 Å². The fraction of sp³-hybridized carbons (Fsp3) is 0.842. The van der Waals surface area contributed by atoms with E-state index >= 15 is 0 Å². The van der Waals surface area contributed by atoms with Gasteiger partial charge < -0.3 is 9.47 Å². The van der Waals surface area contributed by atoms with Crippen LogP contribution in [0.25, 0.3) is 0 Å². The summed E-state index contributed by atoms with van der Waals surface area (Å²) in [6, 6.07) is 0. The lowest BCUT2D eigenvalue weighted by Crippen LogP contribution is -2.31. The van der Waals surface area contributed by atoms with Crippen LogP contribution in [0, 0.1) is 0 Å². The normalized spacial score (nSPS) is 11.2. The molecule has 0 saturated carbocycles. The predicted molar refractivity (Wildman–Crippen MR) is 94.5 cm³/mol. The Labute approximate surface area is 142 Å². The van der Waals surface area contributed by atoms with Crippen molar-refractivity contribution in [3.05, 3.63) is 18.7 Å². The third kappa shape index (κ3) is 11.3. The van der Waals surface area contributed by atoms with Gasteiger partial charge in [0.2, 0.25) is 6.33 Å². The first-order valence-electron chi connectivity index (χ1n) is 9.57. The van der Waals surface area contributed by atoms with Crippen LogP contribution in [0.1, 0.15) is 65.2 Å². The largest absolute Gasteiger partial charge is 0.381 e. The molecule has 0 spiro atoms. The molecule has 0 atom stereocenters. The van der Waals surface area contributed by atoms with Crippen molar-refractivity contribution < 1.29 is 14.0 Å². The summed E-state index contributed by atoms with van der Waals surface area (Å²) in [5, 5.41) is 0. The monoisotopic (exact) mass is 325 g/mol. The maximum atomic E-state index is 5.65. The van der Waals surface area contributed by atoms with E-state index < -0.39 is 0 Å². The van der Waals surface area contributed by atoms with E-state index in [2.05, 4.69) is 41.7 Å². The van der Waals surface area contributed by atoms with Gasteiger partial charge in [0.25, 0.3) is 0 Å². The molecule has 0 bridgehead atoms. The van der Waals surface area contributed by atoms with Crippen LogP contribution in [0.5, 0.6) is 0 Å². The molecular formula is C19H37N2O2+. The Hall–Kier alpha value is -0.870. The maximum absolute atomic E-state index is 5.65. The topological polar surface area (TPSA) is 27.3 Å². The van der Waals surface area contributed by atoms with Crippen LogP contribution in [0.2, 0.25) is 0 Å². The molecule has 0 unspecified atom stereocenters. The highest BCUT2D eigenvalue weighted by Gasteiger charge is 2.03. The first-order valence-corrected chi connectivity index (χ1v) is 9.57. The van der Waals surface area contributed by atoms with Gasteiger partial charge >= 0.3 is 0 Å². The summed E-state index contributed by atoms with van der Waals surface area (Å²) in [5.41, 5.74) is 0. The van der Waals surface area contributed by atoms with Gasteiger partial charge in [0, 0.05) is 26.1 Å². The number of aromatic nitrogens is 2. The molecule has 1 heterocycles. The minimum absolute atomic E-state index is 0.869. The standard InChI is InChI=1S/C19H37N2O2/c1-3-5-7-15-22-17-9-11-20-13-14-21(19-20)12-10-18-23-16-8-6-4-2/h13-14,19H,3-12,15-18H2,1-2H3/q+1. The van der Waals surface area contributed by atoms with Crippen molar-refractivity contribution in [3.8, 4) is 0 Å². The molecule has 1 rings (SSSR count). The number of rotatable bonds is 16. The van der Waals surface area contributed by atoms with Gasteiger partial charge in [0.05, 0.1) is 26.3 Å². The Bertz CT molecular complexity index is 334. The number of imidazole rings is 1. The lowest BCUT2D eigenvalue weighted by molar-refractivity contribution is -0.697. The van der Waals surface area contributed by atoms with E-state index in [1.807, 2.05) is 0 Å². The van der Waals surface area contributed by atoms with Crippen molar-refractivity contribution in [3.63, 3.8) is 0 Å². The predicted octanol–water partition coefficient (Wildman–Crippen LogP) is 3.97. The summed E-state index contributed by atoms with van der Waals surface area (Å²) in [5.74, 6) is 0. The molecule has 0 fully saturated rings. The number of nitrogens with zero attached hydrogens (tertiary/aromatic N) is 2. The van der Waals surface area contributed by atoms with Crippen molar-refractivity contribution in [1.82, 2.24) is 4.57 Å². The molecule has 4 nitrogen and oxygen atoms in total. The Morgan fingerprint density at radius 3 is 2.04 bits per heavy atom. The van der Waals surface area contributed by atoms with E-state index in [0.29, 0.717) is 0 Å². The lowest BCUT2D eigenvalue weighted by atomic mass is 10.3. The van der Waals surface area contributed by atoms with Crippen LogP contribution in [0.15, 0.2) is 18.7 Å². The second-order valence-corrected chi connectivity index (χ2v) is 6.24. The zero-order valence-corrected chi connectivity index (χ0v) is 15.3. The van der Waals surface area contributed by atoms with E-state index in [-0.39, 0.29) is 0 Å². The molecule has 134 valence electrons. The quantitative estimate of drug-likeness (QED) is 0.340. The molecule has 0 aromatic carbocycles. The summed E-state index contributed by atoms with van der Waals surface area (Å²) in [7, 11) is 0. The van der Waals surface area contributed by atoms with E-state index in [1.165, 1.54) is 38.5 Å². The van der Waals surface area contributed by atoms with Gasteiger partial charge in [-0.05, 0) is 12.8 Å². The Kier molecular flexibility index (Phi) is 12.9. The van der Waals surface area contributed by atoms with Gasteiger partial charge in [-0.1, -0.05) is 39.5 Å². The molecule has 0 N–H and O–H groups in total. The van der Waals surface area contributed by atoms with E-state index in [1.54, 1.807) is 0 Å². The molecule has 0 radical (unpaired) electrons. The van der Waals surface area contributed by atoms with Crippen LogP contribution < -0.4 is 4.57 Å². The summed E-state index contributed by atoms with van der Waals surface area (Å²) in [6.07, 6.45) is 16.1. The summed E-state index contributed by atoms with van der Waals surface area (Å²) in [6.45, 7) is 10.1. The summed E-state index contributed by atoms with van der Waals surface area (Å²) >= 11 is 0. The average Bonchev–Trinajstić information content (AvgIpc) is 3.01. The second kappa shape index (κ2) is 14.7. The SMILES string of the molecule is CCCCCOCCCn1cc[n+](CCCOCCCCC)c1. The van der Waals surface area contributed by atoms with Crippen LogP contribution in [-0.2, 0) is 22.6 Å². The minimum atomic E-state index is 0.869. The fourth-order valence-electron chi connectivity index (χ4n) is 2.51. The van der Waals surface area contributed by atoms with Gasteiger partial charge in [-0.3, -0.25) is 0 Å². The third-order valence-electron chi connectivity index (χ3n) is 3.94. The van der Waals surface area contributed by atoms with Crippen LogP contribution in [0.4, 0.5) is 0 Å². The minimum Gasteiger partial charge on any atom is -0.381 e. The first kappa shape index (κ1) is 20.2. The average molecular weight is 326 g/mol. The van der Waals surface area contributed by atoms with Gasteiger partial charge in [-0.2, -0.15) is 0 Å². The number of aryl methyl sites for hydroxylation is 2. The highest BCUT2D eigenvalue weighted by atomic mass is 16.5.